The highest BCUT2D eigenvalue weighted by Gasteiger charge is 2.37. The minimum absolute atomic E-state index is 0.0881. The molecule has 0 aliphatic rings. The van der Waals surface area contributed by atoms with E-state index in [-0.39, 0.29) is 29.9 Å². The van der Waals surface area contributed by atoms with Gasteiger partial charge in [0.2, 0.25) is 11.7 Å². The average molecular weight is 474 g/mol. The van der Waals surface area contributed by atoms with Crippen molar-refractivity contribution in [2.45, 2.75) is 26.1 Å². The summed E-state index contributed by atoms with van der Waals surface area (Å²) in [6.45, 7) is 1.44. The number of benzene rings is 1. The van der Waals surface area contributed by atoms with Crippen molar-refractivity contribution >= 4 is 21.8 Å². The van der Waals surface area contributed by atoms with Gasteiger partial charge in [-0.3, -0.25) is 9.48 Å². The van der Waals surface area contributed by atoms with Gasteiger partial charge in [-0.15, -0.1) is 0 Å². The molecule has 3 aromatic rings. The van der Waals surface area contributed by atoms with Gasteiger partial charge in [0.05, 0.1) is 16.7 Å². The molecule has 0 saturated heterocycles. The molecule has 0 spiro atoms. The van der Waals surface area contributed by atoms with Gasteiger partial charge >= 0.3 is 6.18 Å². The molecule has 0 aliphatic carbocycles. The summed E-state index contributed by atoms with van der Waals surface area (Å²) >= 11 is 2.93. The van der Waals surface area contributed by atoms with Gasteiger partial charge in [-0.2, -0.15) is 23.3 Å². The fourth-order valence-corrected chi connectivity index (χ4v) is 2.96. The summed E-state index contributed by atoms with van der Waals surface area (Å²) in [6.07, 6.45) is -4.33. The van der Waals surface area contributed by atoms with Crippen molar-refractivity contribution < 1.29 is 27.2 Å². The number of primary amides is 1. The lowest BCUT2D eigenvalue weighted by Gasteiger charge is -2.03. The van der Waals surface area contributed by atoms with Crippen molar-refractivity contribution in [1.29, 1.82) is 0 Å². The number of nitrogens with two attached hydrogens (primary N) is 1. The molecule has 0 unspecified atom stereocenters. The number of alkyl halides is 3. The van der Waals surface area contributed by atoms with E-state index in [1.165, 1.54) is 11.6 Å². The second-order valence-electron chi connectivity index (χ2n) is 6.01. The van der Waals surface area contributed by atoms with Crippen molar-refractivity contribution in [2.75, 3.05) is 6.61 Å². The van der Waals surface area contributed by atoms with Gasteiger partial charge in [0.25, 0.3) is 5.91 Å². The van der Waals surface area contributed by atoms with E-state index in [0.29, 0.717) is 22.8 Å². The molecular weight excluding hydrogens is 459 g/mol. The SMILES string of the molecule is Cc1c(Br)c(C(F)(F)F)nn1CCc1nc(-c2ccc(OCC(N)=O)cc2)no1. The number of halogens is 4. The smallest absolute Gasteiger partial charge is 0.436 e. The maximum atomic E-state index is 12.9. The molecule has 154 valence electrons. The third kappa shape index (κ3) is 4.94. The van der Waals surface area contributed by atoms with Crippen molar-refractivity contribution in [3.8, 4) is 17.1 Å². The van der Waals surface area contributed by atoms with Crippen LogP contribution in [0.1, 0.15) is 17.3 Å². The molecule has 29 heavy (non-hydrogen) atoms. The Morgan fingerprint density at radius 3 is 2.59 bits per heavy atom. The van der Waals surface area contributed by atoms with Crippen LogP contribution in [0.2, 0.25) is 0 Å². The highest BCUT2D eigenvalue weighted by molar-refractivity contribution is 9.10. The molecule has 2 aromatic heterocycles. The third-order valence-electron chi connectivity index (χ3n) is 3.90. The van der Waals surface area contributed by atoms with Gasteiger partial charge in [-0.1, -0.05) is 5.16 Å². The van der Waals surface area contributed by atoms with Gasteiger partial charge in [-0.25, -0.2) is 0 Å². The van der Waals surface area contributed by atoms with Crippen LogP contribution in [0.3, 0.4) is 0 Å². The van der Waals surface area contributed by atoms with E-state index in [0.717, 1.165) is 0 Å². The van der Waals surface area contributed by atoms with E-state index >= 15 is 0 Å². The number of hydrogen-bond acceptors (Lipinski definition) is 6. The first-order valence-electron chi connectivity index (χ1n) is 8.29. The van der Waals surface area contributed by atoms with Crippen molar-refractivity contribution in [1.82, 2.24) is 19.9 Å². The summed E-state index contributed by atoms with van der Waals surface area (Å²) in [5, 5.41) is 7.48. The first-order valence-corrected chi connectivity index (χ1v) is 9.08. The Balaban J connectivity index is 1.66. The molecule has 2 N–H and O–H groups in total. The van der Waals surface area contributed by atoms with Gasteiger partial charge in [0.15, 0.2) is 12.3 Å². The average Bonchev–Trinajstić information content (AvgIpc) is 3.24. The van der Waals surface area contributed by atoms with Gasteiger partial charge in [-0.05, 0) is 47.1 Å². The van der Waals surface area contributed by atoms with E-state index < -0.39 is 17.8 Å². The lowest BCUT2D eigenvalue weighted by atomic mass is 10.2. The van der Waals surface area contributed by atoms with Crippen LogP contribution < -0.4 is 10.5 Å². The molecule has 0 radical (unpaired) electrons. The fourth-order valence-electron chi connectivity index (χ4n) is 2.45. The Kier molecular flexibility index (Phi) is 5.91. The number of ether oxygens (including phenoxy) is 1. The molecule has 1 aromatic carbocycles. The number of aromatic nitrogens is 4. The van der Waals surface area contributed by atoms with Crippen LogP contribution >= 0.6 is 15.9 Å². The lowest BCUT2D eigenvalue weighted by Crippen LogP contribution is -2.19. The largest absolute Gasteiger partial charge is 0.484 e. The van der Waals surface area contributed by atoms with Crippen LogP contribution in [-0.4, -0.2) is 32.4 Å². The quantitative estimate of drug-likeness (QED) is 0.564. The molecule has 0 saturated carbocycles. The Labute approximate surface area is 171 Å². The molecule has 1 amide bonds. The number of rotatable bonds is 7. The summed E-state index contributed by atoms with van der Waals surface area (Å²) in [5.41, 5.74) is 5.03. The van der Waals surface area contributed by atoms with E-state index in [1.54, 1.807) is 24.3 Å². The zero-order chi connectivity index (χ0) is 21.2. The van der Waals surface area contributed by atoms with E-state index in [4.69, 9.17) is 15.0 Å². The third-order valence-corrected chi connectivity index (χ3v) is 4.85. The maximum absolute atomic E-state index is 12.9. The van der Waals surface area contributed by atoms with E-state index in [1.807, 2.05) is 0 Å². The molecule has 0 bridgehead atoms. The minimum Gasteiger partial charge on any atom is -0.484 e. The summed E-state index contributed by atoms with van der Waals surface area (Å²) < 4.78 is 50.3. The van der Waals surface area contributed by atoms with Crippen LogP contribution in [-0.2, 0) is 23.9 Å². The number of carbonyl (C=O) groups excluding carboxylic acids is 1. The number of carbonyl (C=O) groups is 1. The maximum Gasteiger partial charge on any atom is 0.436 e. The summed E-state index contributed by atoms with van der Waals surface area (Å²) in [6, 6.07) is 6.60. The first kappa shape index (κ1) is 20.8. The predicted molar refractivity (Wildman–Crippen MR) is 97.8 cm³/mol. The number of hydrogen-bond donors (Lipinski definition) is 1. The zero-order valence-corrected chi connectivity index (χ0v) is 16.6. The summed E-state index contributed by atoms with van der Waals surface area (Å²) in [4.78, 5) is 15.0. The first-order chi connectivity index (χ1) is 13.6. The second-order valence-corrected chi connectivity index (χ2v) is 6.80. The van der Waals surface area contributed by atoms with Crippen LogP contribution in [0.15, 0.2) is 33.3 Å². The molecule has 0 fully saturated rings. The molecule has 12 heteroatoms. The molecule has 2 heterocycles. The standard InChI is InChI=1S/C17H15BrF3N5O3/c1-9-14(18)15(17(19,20)21)24-26(9)7-6-13-23-16(25-29-13)10-2-4-11(5-3-10)28-8-12(22)27/h2-5H,6-8H2,1H3,(H2,22,27). The van der Waals surface area contributed by atoms with Crippen LogP contribution in [0, 0.1) is 6.92 Å². The van der Waals surface area contributed by atoms with E-state index in [2.05, 4.69) is 31.2 Å². The predicted octanol–water partition coefficient (Wildman–Crippen LogP) is 3.13. The van der Waals surface area contributed by atoms with Gasteiger partial charge < -0.3 is 15.0 Å². The molecule has 0 aliphatic heterocycles. The fraction of sp³-hybridized carbons (Fsp3) is 0.294. The molecule has 8 nitrogen and oxygen atoms in total. The van der Waals surface area contributed by atoms with E-state index in [9.17, 15) is 18.0 Å². The summed E-state index contributed by atoms with van der Waals surface area (Å²) in [5.74, 6) is 0.444. The molecule has 3 rings (SSSR count). The second kappa shape index (κ2) is 8.23. The molecule has 0 atom stereocenters. The van der Waals surface area contributed by atoms with Crippen LogP contribution in [0.25, 0.3) is 11.4 Å². The number of aryl methyl sites for hydroxylation is 2. The highest BCUT2D eigenvalue weighted by Crippen LogP contribution is 2.35. The zero-order valence-electron chi connectivity index (χ0n) is 15.0. The van der Waals surface area contributed by atoms with Crippen molar-refractivity contribution in [2.24, 2.45) is 5.73 Å². The topological polar surface area (TPSA) is 109 Å². The van der Waals surface area contributed by atoms with Crippen LogP contribution in [0.5, 0.6) is 5.75 Å². The van der Waals surface area contributed by atoms with Gasteiger partial charge in [0, 0.05) is 12.0 Å². The lowest BCUT2D eigenvalue weighted by molar-refractivity contribution is -0.142. The molecular formula is C17H15BrF3N5O3. The summed E-state index contributed by atoms with van der Waals surface area (Å²) in [7, 11) is 0. The highest BCUT2D eigenvalue weighted by atomic mass is 79.9. The van der Waals surface area contributed by atoms with Gasteiger partial charge in [0.1, 0.15) is 5.75 Å². The number of amides is 1. The van der Waals surface area contributed by atoms with Crippen LogP contribution in [0.4, 0.5) is 13.2 Å². The Morgan fingerprint density at radius 2 is 2.00 bits per heavy atom. The van der Waals surface area contributed by atoms with Crippen molar-refractivity contribution in [3.05, 3.63) is 46.0 Å². The van der Waals surface area contributed by atoms with Crippen molar-refractivity contribution in [3.63, 3.8) is 0 Å². The number of nitrogens with zero attached hydrogens (tertiary/aromatic N) is 4. The monoisotopic (exact) mass is 473 g/mol. The Bertz CT molecular complexity index is 1010. The normalized spacial score (nSPS) is 11.6. The Morgan fingerprint density at radius 1 is 1.31 bits per heavy atom. The minimum atomic E-state index is -4.54. The Hall–Kier alpha value is -2.89.